The topological polar surface area (TPSA) is 56.7 Å². The van der Waals surface area contributed by atoms with Gasteiger partial charge < -0.3 is 15.7 Å². The first-order valence-corrected chi connectivity index (χ1v) is 8.46. The van der Waals surface area contributed by atoms with E-state index < -0.39 is 5.60 Å². The van der Waals surface area contributed by atoms with Gasteiger partial charge in [-0.1, -0.05) is 25.7 Å². The van der Waals surface area contributed by atoms with Crippen molar-refractivity contribution < 1.29 is 5.11 Å². The summed E-state index contributed by atoms with van der Waals surface area (Å²) in [5.74, 6) is 1.83. The molecule has 0 aromatic rings. The predicted molar refractivity (Wildman–Crippen MR) is 84.0 cm³/mol. The Morgan fingerprint density at radius 3 is 2.55 bits per heavy atom. The second kappa shape index (κ2) is 7.87. The molecule has 2 rings (SSSR count). The number of hydrogen-bond donors (Lipinski definition) is 3. The molecule has 0 aliphatic heterocycles. The van der Waals surface area contributed by atoms with Crippen LogP contribution in [-0.4, -0.2) is 36.3 Å². The molecule has 20 heavy (non-hydrogen) atoms. The standard InChI is InChI=1S/C16H31N3O/c1-2-17-15(19-13-16(20)10-6-11-16)18-12-5-9-14-7-3-4-8-14/h14,20H,2-13H2,1H3,(H2,17,18,19). The van der Waals surface area contributed by atoms with Crippen molar-refractivity contribution >= 4 is 5.96 Å². The van der Waals surface area contributed by atoms with Crippen LogP contribution in [0.25, 0.3) is 0 Å². The van der Waals surface area contributed by atoms with Crippen LogP contribution in [0.1, 0.15) is 64.7 Å². The van der Waals surface area contributed by atoms with Crippen LogP contribution in [0.2, 0.25) is 0 Å². The van der Waals surface area contributed by atoms with Gasteiger partial charge in [0.05, 0.1) is 12.1 Å². The van der Waals surface area contributed by atoms with E-state index in [-0.39, 0.29) is 0 Å². The molecule has 0 bridgehead atoms. The van der Waals surface area contributed by atoms with Crippen molar-refractivity contribution in [2.75, 3.05) is 19.6 Å². The molecule has 0 atom stereocenters. The van der Waals surface area contributed by atoms with Crippen LogP contribution < -0.4 is 10.6 Å². The summed E-state index contributed by atoms with van der Waals surface area (Å²) in [6.07, 6.45) is 11.2. The van der Waals surface area contributed by atoms with Gasteiger partial charge in [0.25, 0.3) is 0 Å². The molecule has 0 radical (unpaired) electrons. The molecule has 2 fully saturated rings. The van der Waals surface area contributed by atoms with E-state index in [0.29, 0.717) is 6.54 Å². The van der Waals surface area contributed by atoms with Crippen molar-refractivity contribution in [3.63, 3.8) is 0 Å². The molecule has 3 N–H and O–H groups in total. The first-order valence-electron chi connectivity index (χ1n) is 8.46. The maximum absolute atomic E-state index is 10.1. The summed E-state index contributed by atoms with van der Waals surface area (Å²) in [4.78, 5) is 4.52. The van der Waals surface area contributed by atoms with E-state index >= 15 is 0 Å². The van der Waals surface area contributed by atoms with Crippen LogP contribution >= 0.6 is 0 Å². The van der Waals surface area contributed by atoms with Gasteiger partial charge in [-0.2, -0.15) is 0 Å². The lowest BCUT2D eigenvalue weighted by Gasteiger charge is -2.35. The summed E-state index contributed by atoms with van der Waals surface area (Å²) in [6.45, 7) is 4.46. The SMILES string of the molecule is CCNC(=NCC1(O)CCC1)NCCCC1CCCC1. The summed E-state index contributed by atoms with van der Waals surface area (Å²) in [6, 6.07) is 0. The zero-order chi connectivity index (χ0) is 14.3. The molecule has 0 unspecified atom stereocenters. The van der Waals surface area contributed by atoms with E-state index in [4.69, 9.17) is 0 Å². The third-order valence-corrected chi connectivity index (χ3v) is 4.72. The van der Waals surface area contributed by atoms with E-state index in [1.807, 2.05) is 0 Å². The third-order valence-electron chi connectivity index (χ3n) is 4.72. The Bertz CT molecular complexity index is 307. The van der Waals surface area contributed by atoms with Crippen molar-refractivity contribution in [3.05, 3.63) is 0 Å². The highest BCUT2D eigenvalue weighted by Crippen LogP contribution is 2.31. The number of hydrogen-bond acceptors (Lipinski definition) is 2. The lowest BCUT2D eigenvalue weighted by molar-refractivity contribution is -0.0236. The fourth-order valence-electron chi connectivity index (χ4n) is 3.21. The number of nitrogens with one attached hydrogen (secondary N) is 2. The number of nitrogens with zero attached hydrogens (tertiary/aromatic N) is 1. The first-order chi connectivity index (χ1) is 9.72. The minimum absolute atomic E-state index is 0.522. The van der Waals surface area contributed by atoms with Gasteiger partial charge in [-0.15, -0.1) is 0 Å². The highest BCUT2D eigenvalue weighted by atomic mass is 16.3. The average molecular weight is 281 g/mol. The van der Waals surface area contributed by atoms with Crippen LogP contribution in [0.5, 0.6) is 0 Å². The normalized spacial score (nSPS) is 22.6. The molecule has 0 heterocycles. The molecule has 116 valence electrons. The van der Waals surface area contributed by atoms with E-state index in [1.54, 1.807) is 0 Å². The zero-order valence-corrected chi connectivity index (χ0v) is 13.0. The van der Waals surface area contributed by atoms with Gasteiger partial charge in [0.15, 0.2) is 5.96 Å². The smallest absolute Gasteiger partial charge is 0.191 e. The van der Waals surface area contributed by atoms with Crippen molar-refractivity contribution in [1.29, 1.82) is 0 Å². The van der Waals surface area contributed by atoms with Gasteiger partial charge in [-0.3, -0.25) is 4.99 Å². The summed E-state index contributed by atoms with van der Waals surface area (Å²) in [5, 5.41) is 16.7. The Hall–Kier alpha value is -0.770. The van der Waals surface area contributed by atoms with Crippen LogP contribution in [-0.2, 0) is 0 Å². The summed E-state index contributed by atoms with van der Waals surface area (Å²) in [5.41, 5.74) is -0.522. The van der Waals surface area contributed by atoms with Gasteiger partial charge >= 0.3 is 0 Å². The molecular formula is C16H31N3O. The highest BCUT2D eigenvalue weighted by molar-refractivity contribution is 5.79. The molecule has 2 saturated carbocycles. The predicted octanol–water partition coefficient (Wildman–Crippen LogP) is 2.43. The first kappa shape index (κ1) is 15.6. The number of aliphatic hydroxyl groups is 1. The molecule has 4 heteroatoms. The van der Waals surface area contributed by atoms with Gasteiger partial charge in [0, 0.05) is 13.1 Å². The fraction of sp³-hybridized carbons (Fsp3) is 0.938. The van der Waals surface area contributed by atoms with Crippen molar-refractivity contribution in [3.8, 4) is 0 Å². The molecule has 0 amide bonds. The Labute approximate surface area is 123 Å². The van der Waals surface area contributed by atoms with E-state index in [2.05, 4.69) is 22.5 Å². The number of aliphatic imine (C=N–C) groups is 1. The monoisotopic (exact) mass is 281 g/mol. The second-order valence-corrected chi connectivity index (χ2v) is 6.49. The quantitative estimate of drug-likeness (QED) is 0.382. The van der Waals surface area contributed by atoms with Gasteiger partial charge in [-0.05, 0) is 44.9 Å². The van der Waals surface area contributed by atoms with Crippen LogP contribution in [0, 0.1) is 5.92 Å². The number of rotatable bonds is 7. The van der Waals surface area contributed by atoms with Crippen molar-refractivity contribution in [1.82, 2.24) is 10.6 Å². The highest BCUT2D eigenvalue weighted by Gasteiger charge is 2.34. The van der Waals surface area contributed by atoms with Gasteiger partial charge in [-0.25, -0.2) is 0 Å². The largest absolute Gasteiger partial charge is 0.388 e. The minimum Gasteiger partial charge on any atom is -0.388 e. The Morgan fingerprint density at radius 1 is 1.20 bits per heavy atom. The zero-order valence-electron chi connectivity index (χ0n) is 13.0. The summed E-state index contributed by atoms with van der Waals surface area (Å²) in [7, 11) is 0. The van der Waals surface area contributed by atoms with E-state index in [0.717, 1.165) is 44.2 Å². The van der Waals surface area contributed by atoms with Crippen molar-refractivity contribution in [2.24, 2.45) is 10.9 Å². The number of guanidine groups is 1. The molecule has 0 aromatic carbocycles. The average Bonchev–Trinajstić information content (AvgIpc) is 2.91. The Balaban J connectivity index is 1.64. The van der Waals surface area contributed by atoms with E-state index in [9.17, 15) is 5.11 Å². The van der Waals surface area contributed by atoms with Crippen LogP contribution in [0.15, 0.2) is 4.99 Å². The van der Waals surface area contributed by atoms with Crippen molar-refractivity contribution in [2.45, 2.75) is 70.3 Å². The molecule has 0 spiro atoms. The van der Waals surface area contributed by atoms with Crippen LogP contribution in [0.3, 0.4) is 0 Å². The summed E-state index contributed by atoms with van der Waals surface area (Å²) >= 11 is 0. The maximum atomic E-state index is 10.1. The lowest BCUT2D eigenvalue weighted by Crippen LogP contribution is -2.43. The molecule has 4 nitrogen and oxygen atoms in total. The Morgan fingerprint density at radius 2 is 1.95 bits per heavy atom. The second-order valence-electron chi connectivity index (χ2n) is 6.49. The summed E-state index contributed by atoms with van der Waals surface area (Å²) < 4.78 is 0. The molecule has 0 aromatic heterocycles. The molecule has 2 aliphatic rings. The van der Waals surface area contributed by atoms with E-state index in [1.165, 1.54) is 38.5 Å². The molecular weight excluding hydrogens is 250 g/mol. The fourth-order valence-corrected chi connectivity index (χ4v) is 3.21. The molecule has 0 saturated heterocycles. The third kappa shape index (κ3) is 4.97. The lowest BCUT2D eigenvalue weighted by atomic mass is 9.80. The van der Waals surface area contributed by atoms with Crippen LogP contribution in [0.4, 0.5) is 0 Å². The van der Waals surface area contributed by atoms with Gasteiger partial charge in [0.1, 0.15) is 0 Å². The maximum Gasteiger partial charge on any atom is 0.191 e. The van der Waals surface area contributed by atoms with Gasteiger partial charge in [0.2, 0.25) is 0 Å². The minimum atomic E-state index is -0.522. The Kier molecular flexibility index (Phi) is 6.14. The molecule has 2 aliphatic carbocycles.